The molecule has 0 radical (unpaired) electrons. The number of rotatable bonds is 7. The third-order valence-electron chi connectivity index (χ3n) is 8.79. The quantitative estimate of drug-likeness (QED) is 0.199. The van der Waals surface area contributed by atoms with E-state index in [1.165, 1.54) is 19.3 Å². The van der Waals surface area contributed by atoms with Gasteiger partial charge in [0.05, 0.1) is 16.4 Å². The first-order valence-corrected chi connectivity index (χ1v) is 17.6. The first-order chi connectivity index (χ1) is 22.6. The summed E-state index contributed by atoms with van der Waals surface area (Å²) >= 11 is 12.7. The highest BCUT2D eigenvalue weighted by atomic mass is 35.5. The number of benzene rings is 3. The van der Waals surface area contributed by atoms with Crippen molar-refractivity contribution in [3.63, 3.8) is 0 Å². The first-order valence-electron chi connectivity index (χ1n) is 15.4. The highest BCUT2D eigenvalue weighted by molar-refractivity contribution is 7.92. The van der Waals surface area contributed by atoms with Crippen LogP contribution in [0.3, 0.4) is 0 Å². The topological polar surface area (TPSA) is 106 Å². The maximum absolute atomic E-state index is 13.0. The number of carbonyl (C=O) groups is 1. The van der Waals surface area contributed by atoms with Crippen LogP contribution in [-0.2, 0) is 21.4 Å². The zero-order chi connectivity index (χ0) is 32.7. The summed E-state index contributed by atoms with van der Waals surface area (Å²) in [5.74, 6) is 0.150. The van der Waals surface area contributed by atoms with Crippen LogP contribution in [0.4, 0.5) is 5.69 Å². The summed E-state index contributed by atoms with van der Waals surface area (Å²) in [5, 5.41) is 0.987. The maximum Gasteiger partial charge on any atom is 0.326 e. The molecule has 2 fully saturated rings. The lowest BCUT2D eigenvalue weighted by atomic mass is 9.95. The number of aromatic nitrogens is 3. The molecule has 1 saturated carbocycles. The van der Waals surface area contributed by atoms with E-state index in [9.17, 15) is 18.0 Å². The number of halogens is 2. The van der Waals surface area contributed by atoms with Crippen molar-refractivity contribution in [1.82, 2.24) is 18.8 Å². The lowest BCUT2D eigenvalue weighted by molar-refractivity contribution is -0.117. The largest absolute Gasteiger partial charge is 0.326 e. The third-order valence-corrected chi connectivity index (χ3v) is 10.7. The number of anilines is 1. The lowest BCUT2D eigenvalue weighted by Crippen LogP contribution is -2.29. The Bertz CT molecular complexity index is 2140. The van der Waals surface area contributed by atoms with Crippen LogP contribution in [-0.4, -0.2) is 35.0 Å². The second kappa shape index (κ2) is 12.7. The Morgan fingerprint density at radius 1 is 0.830 bits per heavy atom. The van der Waals surface area contributed by atoms with Gasteiger partial charge in [-0.1, -0.05) is 66.7 Å². The van der Waals surface area contributed by atoms with Gasteiger partial charge in [-0.3, -0.25) is 9.59 Å². The van der Waals surface area contributed by atoms with E-state index < -0.39 is 16.1 Å². The van der Waals surface area contributed by atoms with Gasteiger partial charge >= 0.3 is 10.2 Å². The minimum atomic E-state index is -3.92. The first kappa shape index (κ1) is 31.2. The van der Waals surface area contributed by atoms with Gasteiger partial charge in [0.1, 0.15) is 12.4 Å². The van der Waals surface area contributed by atoms with E-state index in [2.05, 4.69) is 0 Å². The van der Waals surface area contributed by atoms with Gasteiger partial charge in [-0.2, -0.15) is 8.42 Å². The van der Waals surface area contributed by atoms with E-state index in [-0.39, 0.29) is 18.1 Å². The number of imidazole rings is 1. The number of amides is 1. The van der Waals surface area contributed by atoms with E-state index in [1.807, 2.05) is 62.6 Å². The van der Waals surface area contributed by atoms with E-state index in [0.717, 1.165) is 50.9 Å². The molecule has 12 heteroatoms. The fourth-order valence-corrected chi connectivity index (χ4v) is 8.03. The minimum absolute atomic E-state index is 0.0325. The summed E-state index contributed by atoms with van der Waals surface area (Å²) in [7, 11) is -3.92. The van der Waals surface area contributed by atoms with Crippen molar-refractivity contribution in [3.8, 4) is 28.1 Å². The molecule has 47 heavy (non-hydrogen) atoms. The molecule has 0 atom stereocenters. The second-order valence-corrected chi connectivity index (χ2v) is 14.4. The predicted molar refractivity (Wildman–Crippen MR) is 184 cm³/mol. The lowest BCUT2D eigenvalue weighted by Gasteiger charge is -2.24. The molecule has 2 aromatic heterocycles. The monoisotopic (exact) mass is 687 g/mol. The average molecular weight is 689 g/mol. The Morgan fingerprint density at radius 2 is 1.55 bits per heavy atom. The van der Waals surface area contributed by atoms with Crippen molar-refractivity contribution in [2.45, 2.75) is 44.6 Å². The molecule has 1 N–H and O–H groups in total. The van der Waals surface area contributed by atoms with Gasteiger partial charge in [-0.15, -0.1) is 0 Å². The summed E-state index contributed by atoms with van der Waals surface area (Å²) < 4.78 is 31.6. The number of carbonyl (C=O) groups excluding carboxylic acids is 1. The zero-order valence-corrected chi connectivity index (χ0v) is 27.6. The number of hydrogen-bond donors (Lipinski definition) is 1. The van der Waals surface area contributed by atoms with Gasteiger partial charge in [0.15, 0.2) is 0 Å². The smallest absolute Gasteiger partial charge is 0.312 e. The van der Waals surface area contributed by atoms with Crippen LogP contribution in [0, 0.1) is 0 Å². The van der Waals surface area contributed by atoms with Gasteiger partial charge in [0.2, 0.25) is 0 Å². The van der Waals surface area contributed by atoms with Gasteiger partial charge in [-0.25, -0.2) is 14.0 Å². The summed E-state index contributed by atoms with van der Waals surface area (Å²) in [5.41, 5.74) is 5.37. The summed E-state index contributed by atoms with van der Waals surface area (Å²) in [6, 6.07) is 24.2. The molecule has 7 rings (SSSR count). The molecule has 0 spiro atoms. The van der Waals surface area contributed by atoms with Gasteiger partial charge < -0.3 is 9.13 Å². The van der Waals surface area contributed by atoms with E-state index in [1.54, 1.807) is 42.5 Å². The fraction of sp³-hybridized carbons (Fsp3) is 0.229. The van der Waals surface area contributed by atoms with Crippen LogP contribution < -0.4 is 14.6 Å². The molecule has 5 aromatic rings. The maximum atomic E-state index is 13.0. The van der Waals surface area contributed by atoms with E-state index in [0.29, 0.717) is 27.8 Å². The van der Waals surface area contributed by atoms with Gasteiger partial charge in [0, 0.05) is 47.2 Å². The van der Waals surface area contributed by atoms with Gasteiger partial charge in [0.25, 0.3) is 11.5 Å². The van der Waals surface area contributed by atoms with Crippen molar-refractivity contribution in [2.75, 3.05) is 10.8 Å². The van der Waals surface area contributed by atoms with Crippen molar-refractivity contribution < 1.29 is 13.2 Å². The van der Waals surface area contributed by atoms with E-state index >= 15 is 0 Å². The highest BCUT2D eigenvalue weighted by Crippen LogP contribution is 2.32. The van der Waals surface area contributed by atoms with Crippen molar-refractivity contribution in [3.05, 3.63) is 123 Å². The summed E-state index contributed by atoms with van der Waals surface area (Å²) in [4.78, 5) is 29.7. The molecular formula is C35H31Cl2N5O4S. The van der Waals surface area contributed by atoms with Crippen LogP contribution in [0.1, 0.15) is 49.5 Å². The number of nitrogens with zero attached hydrogens (tertiary/aromatic N) is 4. The van der Waals surface area contributed by atoms with E-state index in [4.69, 9.17) is 28.2 Å². The minimum Gasteiger partial charge on any atom is -0.312 e. The van der Waals surface area contributed by atoms with Crippen LogP contribution >= 0.6 is 23.2 Å². The molecule has 240 valence electrons. The molecule has 3 aromatic carbocycles. The molecule has 1 saturated heterocycles. The fourth-order valence-electron chi connectivity index (χ4n) is 6.38. The van der Waals surface area contributed by atoms with Crippen molar-refractivity contribution in [1.29, 1.82) is 0 Å². The predicted octanol–water partition coefficient (Wildman–Crippen LogP) is 6.95. The zero-order valence-electron chi connectivity index (χ0n) is 25.3. The number of nitrogens with one attached hydrogen (secondary N) is 1. The molecule has 0 unspecified atom stereocenters. The number of pyridine rings is 1. The molecular weight excluding hydrogens is 657 g/mol. The Morgan fingerprint density at radius 3 is 2.21 bits per heavy atom. The standard InChI is InChI=1S/C35H31Cl2N5O4S/c36-26-10-15-30(31(37)20-26)32-21-41(28-11-13-29(14-12-28)42-22-34(43)39-47(42,45)46)33(38-32)18-23-6-8-24(9-7-23)25-16-17-40(35(44)19-25)27-4-2-1-3-5-27/h6-17,19-21,27H,1-5,18,22H2,(H,39,43). The molecule has 1 aliphatic carbocycles. The molecule has 0 bridgehead atoms. The summed E-state index contributed by atoms with van der Waals surface area (Å²) in [6.07, 6.45) is 9.98. The Labute approximate surface area is 282 Å². The van der Waals surface area contributed by atoms with Crippen molar-refractivity contribution in [2.24, 2.45) is 0 Å². The Hall–Kier alpha value is -4.38. The van der Waals surface area contributed by atoms with Crippen molar-refractivity contribution >= 4 is 45.0 Å². The average Bonchev–Trinajstić information content (AvgIpc) is 3.60. The van der Waals surface area contributed by atoms with Crippen LogP contribution in [0.25, 0.3) is 28.1 Å². The summed E-state index contributed by atoms with van der Waals surface area (Å²) in [6.45, 7) is -0.271. The molecule has 9 nitrogen and oxygen atoms in total. The van der Waals surface area contributed by atoms with Crippen LogP contribution in [0.15, 0.2) is 96.1 Å². The molecule has 1 amide bonds. The SMILES string of the molecule is O=C1CN(c2ccc(-n3cc(-c4ccc(Cl)cc4Cl)nc3Cc3ccc(-c4ccn(C5CCCCC5)c(=O)c4)cc3)cc2)S(=O)(=O)N1. The third kappa shape index (κ3) is 6.45. The second-order valence-electron chi connectivity index (χ2n) is 11.9. The van der Waals surface area contributed by atoms with Crippen LogP contribution in [0.5, 0.6) is 0 Å². The molecule has 1 aliphatic heterocycles. The van der Waals surface area contributed by atoms with Crippen LogP contribution in [0.2, 0.25) is 10.0 Å². The highest BCUT2D eigenvalue weighted by Gasteiger charge is 2.34. The Kier molecular flexibility index (Phi) is 8.42. The van der Waals surface area contributed by atoms with Gasteiger partial charge in [-0.05, 0) is 78.1 Å². The number of hydrogen-bond acceptors (Lipinski definition) is 5. The Balaban J connectivity index is 1.18. The molecule has 2 aliphatic rings. The normalized spacial score (nSPS) is 16.4. The molecule has 3 heterocycles.